The van der Waals surface area contributed by atoms with E-state index in [1.54, 1.807) is 12.2 Å². The second kappa shape index (κ2) is 11.0. The van der Waals surface area contributed by atoms with Crippen molar-refractivity contribution >= 4 is 39.8 Å². The number of rotatable bonds is 9. The Morgan fingerprint density at radius 3 is 2.66 bits per heavy atom. The van der Waals surface area contributed by atoms with Crippen LogP contribution < -0.4 is 9.47 Å². The van der Waals surface area contributed by atoms with Crippen LogP contribution in [0.5, 0.6) is 11.5 Å². The Bertz CT molecular complexity index is 1360. The Morgan fingerprint density at radius 2 is 1.89 bits per heavy atom. The summed E-state index contributed by atoms with van der Waals surface area (Å²) in [6.45, 7) is 6.55. The third-order valence-electron chi connectivity index (χ3n) is 5.49. The van der Waals surface area contributed by atoms with Crippen molar-refractivity contribution in [3.8, 4) is 23.8 Å². The van der Waals surface area contributed by atoms with Crippen LogP contribution in [0.15, 0.2) is 72.2 Å². The molecule has 35 heavy (non-hydrogen) atoms. The molecule has 0 aliphatic carbocycles. The van der Waals surface area contributed by atoms with Crippen molar-refractivity contribution in [3.05, 3.63) is 88.8 Å². The maximum absolute atomic E-state index is 12.6. The molecule has 2 amide bonds. The third-order valence-corrected chi connectivity index (χ3v) is 6.40. The number of nitrogens with zero attached hydrogens (tertiary/aromatic N) is 1. The zero-order valence-electron chi connectivity index (χ0n) is 19.5. The van der Waals surface area contributed by atoms with E-state index in [-0.39, 0.29) is 11.8 Å². The molecule has 0 unspecified atom stereocenters. The van der Waals surface area contributed by atoms with E-state index in [4.69, 9.17) is 15.9 Å². The highest BCUT2D eigenvalue weighted by molar-refractivity contribution is 8.18. The number of allylic oxidation sites excluding steroid dienone is 1. The molecule has 6 heteroatoms. The molecule has 0 aromatic heterocycles. The molecule has 5 nitrogen and oxygen atoms in total. The van der Waals surface area contributed by atoms with Gasteiger partial charge in [-0.25, -0.2) is 0 Å². The average molecular weight is 484 g/mol. The summed E-state index contributed by atoms with van der Waals surface area (Å²) in [6.07, 6.45) is 9.31. The third kappa shape index (κ3) is 5.26. The molecule has 0 spiro atoms. The number of terminal acetylenes is 1. The van der Waals surface area contributed by atoms with Crippen LogP contribution in [0, 0.1) is 12.3 Å². The number of thioether (sulfide) groups is 1. The predicted octanol–water partition coefficient (Wildman–Crippen LogP) is 6.22. The van der Waals surface area contributed by atoms with Crippen LogP contribution in [0.4, 0.5) is 4.79 Å². The predicted molar refractivity (Wildman–Crippen MR) is 141 cm³/mol. The fraction of sp³-hybridized carbons (Fsp3) is 0.172. The zero-order chi connectivity index (χ0) is 24.8. The standard InChI is InChI=1S/C29H25NO4S/c1-4-10-22-16-20(18-26-28(31)30(15-5-2)29(32)35-26)17-25(33-6-3)27(22)34-19-23-13-9-12-21-11-7-8-14-24(21)23/h2,4,7-9,11-14,16-18H,1,6,10,15,19H2,3H3/b26-18+. The topological polar surface area (TPSA) is 55.8 Å². The quantitative estimate of drug-likeness (QED) is 0.206. The SMILES string of the molecule is C#CCN1C(=O)S/C(=C/c2cc(CC=C)c(OCc3cccc4ccccc34)c(OCC)c2)C1=O. The van der Waals surface area contributed by atoms with Gasteiger partial charge in [-0.1, -0.05) is 54.5 Å². The Balaban J connectivity index is 1.69. The van der Waals surface area contributed by atoms with Gasteiger partial charge in [0.2, 0.25) is 0 Å². The number of ether oxygens (including phenoxy) is 2. The lowest BCUT2D eigenvalue weighted by Gasteiger charge is -2.17. The maximum Gasteiger partial charge on any atom is 0.294 e. The van der Waals surface area contributed by atoms with Crippen LogP contribution in [0.2, 0.25) is 0 Å². The molecule has 0 saturated carbocycles. The molecule has 1 aliphatic heterocycles. The van der Waals surface area contributed by atoms with Crippen molar-refractivity contribution in [2.45, 2.75) is 20.0 Å². The van der Waals surface area contributed by atoms with E-state index >= 15 is 0 Å². The van der Waals surface area contributed by atoms with Gasteiger partial charge in [0.05, 0.1) is 18.1 Å². The summed E-state index contributed by atoms with van der Waals surface area (Å²) in [6, 6.07) is 18.1. The van der Waals surface area contributed by atoms with Crippen LogP contribution in [0.1, 0.15) is 23.6 Å². The molecule has 0 atom stereocenters. The zero-order valence-corrected chi connectivity index (χ0v) is 20.3. The minimum atomic E-state index is -0.391. The highest BCUT2D eigenvalue weighted by atomic mass is 32.2. The Morgan fingerprint density at radius 1 is 1.09 bits per heavy atom. The van der Waals surface area contributed by atoms with E-state index < -0.39 is 5.91 Å². The minimum Gasteiger partial charge on any atom is -0.490 e. The van der Waals surface area contributed by atoms with E-state index in [1.807, 2.05) is 37.3 Å². The molecule has 1 heterocycles. The first-order valence-corrected chi connectivity index (χ1v) is 12.1. The van der Waals surface area contributed by atoms with E-state index in [1.165, 1.54) is 0 Å². The van der Waals surface area contributed by atoms with Crippen molar-refractivity contribution < 1.29 is 19.1 Å². The largest absolute Gasteiger partial charge is 0.490 e. The van der Waals surface area contributed by atoms with Crippen molar-refractivity contribution in [3.63, 3.8) is 0 Å². The first-order chi connectivity index (χ1) is 17.0. The number of hydrogen-bond donors (Lipinski definition) is 0. The molecule has 0 N–H and O–H groups in total. The number of carbonyl (C=O) groups excluding carboxylic acids is 2. The second-order valence-corrected chi connectivity index (χ2v) is 8.83. The van der Waals surface area contributed by atoms with Crippen molar-refractivity contribution in [2.24, 2.45) is 0 Å². The first-order valence-electron chi connectivity index (χ1n) is 11.2. The van der Waals surface area contributed by atoms with E-state index in [0.29, 0.717) is 36.0 Å². The lowest BCUT2D eigenvalue weighted by molar-refractivity contribution is -0.122. The Labute approximate surface area is 209 Å². The summed E-state index contributed by atoms with van der Waals surface area (Å²) in [7, 11) is 0. The fourth-order valence-corrected chi connectivity index (χ4v) is 4.79. The van der Waals surface area contributed by atoms with Crippen molar-refractivity contribution in [1.82, 2.24) is 4.90 Å². The van der Waals surface area contributed by atoms with Gasteiger partial charge in [-0.3, -0.25) is 14.5 Å². The molecule has 176 valence electrons. The molecule has 1 fully saturated rings. The molecule has 3 aromatic rings. The lowest BCUT2D eigenvalue weighted by atomic mass is 10.0. The highest BCUT2D eigenvalue weighted by Crippen LogP contribution is 2.38. The van der Waals surface area contributed by atoms with Crippen LogP contribution in [0.3, 0.4) is 0 Å². The van der Waals surface area contributed by atoms with Crippen LogP contribution in [0.25, 0.3) is 16.8 Å². The molecule has 0 bridgehead atoms. The van der Waals surface area contributed by atoms with Gasteiger partial charge in [0.15, 0.2) is 11.5 Å². The van der Waals surface area contributed by atoms with E-state index in [2.05, 4.69) is 36.8 Å². The summed E-state index contributed by atoms with van der Waals surface area (Å²) in [4.78, 5) is 26.2. The number of fused-ring (bicyclic) bond motifs is 1. The first kappa shape index (κ1) is 24.2. The summed E-state index contributed by atoms with van der Waals surface area (Å²) in [5.41, 5.74) is 2.68. The van der Waals surface area contributed by atoms with Gasteiger partial charge in [0.25, 0.3) is 11.1 Å². The van der Waals surface area contributed by atoms with Gasteiger partial charge >= 0.3 is 0 Å². The Hall–Kier alpha value is -3.95. The summed E-state index contributed by atoms with van der Waals surface area (Å²) in [5.74, 6) is 3.16. The monoisotopic (exact) mass is 483 g/mol. The second-order valence-electron chi connectivity index (χ2n) is 7.83. The number of benzene rings is 3. The van der Waals surface area contributed by atoms with E-state index in [0.717, 1.165) is 44.1 Å². The van der Waals surface area contributed by atoms with Gasteiger partial charge in [-0.15, -0.1) is 13.0 Å². The average Bonchev–Trinajstić information content (AvgIpc) is 3.11. The number of imide groups is 1. The van der Waals surface area contributed by atoms with Crippen molar-refractivity contribution in [2.75, 3.05) is 13.2 Å². The number of amides is 2. The van der Waals surface area contributed by atoms with Crippen LogP contribution >= 0.6 is 11.8 Å². The van der Waals surface area contributed by atoms with Gasteiger partial charge in [0, 0.05) is 5.56 Å². The number of hydrogen-bond acceptors (Lipinski definition) is 5. The van der Waals surface area contributed by atoms with E-state index in [9.17, 15) is 9.59 Å². The number of carbonyl (C=O) groups is 2. The molecule has 0 radical (unpaired) electrons. The minimum absolute atomic E-state index is 0.0468. The Kier molecular flexibility index (Phi) is 7.59. The summed E-state index contributed by atoms with van der Waals surface area (Å²) >= 11 is 0.879. The normalized spacial score (nSPS) is 14.4. The van der Waals surface area contributed by atoms with Crippen LogP contribution in [-0.2, 0) is 17.8 Å². The van der Waals surface area contributed by atoms with Crippen molar-refractivity contribution in [1.29, 1.82) is 0 Å². The maximum atomic E-state index is 12.6. The molecular formula is C29H25NO4S. The smallest absolute Gasteiger partial charge is 0.294 e. The van der Waals surface area contributed by atoms with Gasteiger partial charge in [-0.2, -0.15) is 0 Å². The molecule has 1 aliphatic rings. The summed E-state index contributed by atoms with van der Waals surface area (Å²) < 4.78 is 12.3. The summed E-state index contributed by atoms with van der Waals surface area (Å²) in [5, 5.41) is 1.92. The lowest BCUT2D eigenvalue weighted by Crippen LogP contribution is -2.28. The van der Waals surface area contributed by atoms with Crippen LogP contribution in [-0.4, -0.2) is 29.2 Å². The van der Waals surface area contributed by atoms with Gasteiger partial charge in [-0.05, 0) is 65.2 Å². The fourth-order valence-electron chi connectivity index (χ4n) is 3.95. The van der Waals surface area contributed by atoms with Gasteiger partial charge in [0.1, 0.15) is 6.61 Å². The molecule has 4 rings (SSSR count). The molecular weight excluding hydrogens is 458 g/mol. The molecule has 1 saturated heterocycles. The highest BCUT2D eigenvalue weighted by Gasteiger charge is 2.34. The molecule has 3 aromatic carbocycles. The van der Waals surface area contributed by atoms with Gasteiger partial charge < -0.3 is 9.47 Å².